The molecule has 5 nitrogen and oxygen atoms in total. The molecule has 1 atom stereocenters. The van der Waals surface area contributed by atoms with E-state index in [1.54, 1.807) is 23.0 Å². The number of nitrogens with zero attached hydrogens (tertiary/aromatic N) is 4. The summed E-state index contributed by atoms with van der Waals surface area (Å²) >= 11 is 0. The Balaban J connectivity index is 1.65. The van der Waals surface area contributed by atoms with Crippen LogP contribution in [0.1, 0.15) is 47.0 Å². The Morgan fingerprint density at radius 2 is 1.96 bits per heavy atom. The summed E-state index contributed by atoms with van der Waals surface area (Å²) in [6, 6.07) is 5.79. The predicted molar refractivity (Wildman–Crippen MR) is 93.2 cm³/mol. The lowest BCUT2D eigenvalue weighted by molar-refractivity contribution is -0.137. The standard InChI is InChI=1S/C19H17F4N5/c20-14-8-12(7-13(10-14)19(21,22)23)6-11-4-5-25-17(9-11)28-16-3-1-2-15(24)18(16)26-27-28/h4-5,7-10,15H,1-3,6,24H2. The lowest BCUT2D eigenvalue weighted by atomic mass is 9.97. The van der Waals surface area contributed by atoms with Gasteiger partial charge in [-0.3, -0.25) is 0 Å². The Labute approximate surface area is 158 Å². The molecule has 1 aliphatic rings. The van der Waals surface area contributed by atoms with Crippen molar-refractivity contribution < 1.29 is 17.6 Å². The minimum atomic E-state index is -4.60. The van der Waals surface area contributed by atoms with Crippen LogP contribution < -0.4 is 5.73 Å². The van der Waals surface area contributed by atoms with Crippen LogP contribution in [0.3, 0.4) is 0 Å². The summed E-state index contributed by atoms with van der Waals surface area (Å²) in [4.78, 5) is 4.30. The van der Waals surface area contributed by atoms with Gasteiger partial charge in [-0.05, 0) is 67.1 Å². The second-order valence-electron chi connectivity index (χ2n) is 6.88. The summed E-state index contributed by atoms with van der Waals surface area (Å²) in [5.74, 6) is -0.411. The molecule has 28 heavy (non-hydrogen) atoms. The SMILES string of the molecule is NC1CCCc2c1nnn2-c1cc(Cc2cc(F)cc(C(F)(F)F)c2)ccn1. The average molecular weight is 391 g/mol. The fourth-order valence-corrected chi connectivity index (χ4v) is 3.48. The van der Waals surface area contributed by atoms with Gasteiger partial charge in [-0.15, -0.1) is 5.10 Å². The molecule has 2 N–H and O–H groups in total. The molecule has 0 bridgehead atoms. The fraction of sp³-hybridized carbons (Fsp3) is 0.316. The molecule has 0 saturated heterocycles. The van der Waals surface area contributed by atoms with E-state index in [1.165, 1.54) is 0 Å². The number of fused-ring (bicyclic) bond motifs is 1. The van der Waals surface area contributed by atoms with Gasteiger partial charge in [-0.2, -0.15) is 17.9 Å². The van der Waals surface area contributed by atoms with E-state index in [-0.39, 0.29) is 18.0 Å². The van der Waals surface area contributed by atoms with E-state index in [4.69, 9.17) is 5.73 Å². The van der Waals surface area contributed by atoms with Gasteiger partial charge in [0.15, 0.2) is 5.82 Å². The van der Waals surface area contributed by atoms with Crippen LogP contribution in [0.5, 0.6) is 0 Å². The molecule has 0 radical (unpaired) electrons. The summed E-state index contributed by atoms with van der Waals surface area (Å²) < 4.78 is 54.0. The van der Waals surface area contributed by atoms with Gasteiger partial charge in [-0.1, -0.05) is 5.21 Å². The van der Waals surface area contributed by atoms with Crippen molar-refractivity contribution >= 4 is 0 Å². The summed E-state index contributed by atoms with van der Waals surface area (Å²) in [6.07, 6.45) is -0.372. The molecule has 1 aliphatic carbocycles. The first kappa shape index (κ1) is 18.5. The normalized spacial score (nSPS) is 16.8. The summed E-state index contributed by atoms with van der Waals surface area (Å²) in [7, 11) is 0. The third kappa shape index (κ3) is 3.62. The molecule has 9 heteroatoms. The number of hydrogen-bond acceptors (Lipinski definition) is 4. The number of benzene rings is 1. The molecule has 3 aromatic rings. The maximum Gasteiger partial charge on any atom is 0.416 e. The van der Waals surface area contributed by atoms with Crippen molar-refractivity contribution in [3.8, 4) is 5.82 Å². The topological polar surface area (TPSA) is 69.6 Å². The van der Waals surface area contributed by atoms with Crippen LogP contribution in [0.25, 0.3) is 5.82 Å². The number of hydrogen-bond donors (Lipinski definition) is 1. The van der Waals surface area contributed by atoms with E-state index in [0.717, 1.165) is 42.8 Å². The third-order valence-corrected chi connectivity index (χ3v) is 4.79. The van der Waals surface area contributed by atoms with Gasteiger partial charge in [0.05, 0.1) is 17.3 Å². The number of rotatable bonds is 3. The molecular formula is C19H17F4N5. The van der Waals surface area contributed by atoms with E-state index in [2.05, 4.69) is 15.3 Å². The van der Waals surface area contributed by atoms with Gasteiger partial charge in [-0.25, -0.2) is 9.37 Å². The first-order valence-electron chi connectivity index (χ1n) is 8.83. The summed E-state index contributed by atoms with van der Waals surface area (Å²) in [5.41, 5.74) is 7.63. The zero-order chi connectivity index (χ0) is 19.9. The highest BCUT2D eigenvalue weighted by Gasteiger charge is 2.31. The smallest absolute Gasteiger partial charge is 0.323 e. The Morgan fingerprint density at radius 3 is 2.75 bits per heavy atom. The fourth-order valence-electron chi connectivity index (χ4n) is 3.48. The van der Waals surface area contributed by atoms with Gasteiger partial charge < -0.3 is 5.73 Å². The van der Waals surface area contributed by atoms with Crippen LogP contribution in [-0.2, 0) is 19.0 Å². The molecule has 0 aliphatic heterocycles. The highest BCUT2D eigenvalue weighted by atomic mass is 19.4. The van der Waals surface area contributed by atoms with Crippen molar-refractivity contribution in [2.45, 2.75) is 37.9 Å². The predicted octanol–water partition coefficient (Wildman–Crippen LogP) is 3.75. The lowest BCUT2D eigenvalue weighted by Gasteiger charge is -2.17. The second-order valence-corrected chi connectivity index (χ2v) is 6.88. The molecule has 1 unspecified atom stereocenters. The van der Waals surface area contributed by atoms with Crippen LogP contribution in [0.4, 0.5) is 17.6 Å². The molecule has 146 valence electrons. The van der Waals surface area contributed by atoms with E-state index < -0.39 is 17.6 Å². The Morgan fingerprint density at radius 1 is 1.14 bits per heavy atom. The summed E-state index contributed by atoms with van der Waals surface area (Å²) in [6.45, 7) is 0. The highest BCUT2D eigenvalue weighted by molar-refractivity contribution is 5.36. The van der Waals surface area contributed by atoms with Crippen molar-refractivity contribution in [1.82, 2.24) is 20.0 Å². The number of alkyl halides is 3. The van der Waals surface area contributed by atoms with E-state index >= 15 is 0 Å². The van der Waals surface area contributed by atoms with Crippen LogP contribution in [0.2, 0.25) is 0 Å². The second kappa shape index (κ2) is 6.97. The molecule has 0 fully saturated rings. The van der Waals surface area contributed by atoms with Gasteiger partial charge in [0.25, 0.3) is 0 Å². The van der Waals surface area contributed by atoms with Crippen molar-refractivity contribution in [1.29, 1.82) is 0 Å². The first-order chi connectivity index (χ1) is 13.3. The minimum absolute atomic E-state index is 0.132. The van der Waals surface area contributed by atoms with Crippen molar-refractivity contribution in [2.75, 3.05) is 0 Å². The van der Waals surface area contributed by atoms with Crippen LogP contribution >= 0.6 is 0 Å². The van der Waals surface area contributed by atoms with Crippen molar-refractivity contribution in [3.05, 3.63) is 70.4 Å². The van der Waals surface area contributed by atoms with E-state index in [1.807, 2.05) is 0 Å². The maximum atomic E-state index is 13.6. The zero-order valence-corrected chi connectivity index (χ0v) is 14.7. The highest BCUT2D eigenvalue weighted by Crippen LogP contribution is 2.31. The van der Waals surface area contributed by atoms with E-state index in [9.17, 15) is 17.6 Å². The number of halogens is 4. The van der Waals surface area contributed by atoms with Crippen LogP contribution in [-0.4, -0.2) is 20.0 Å². The first-order valence-corrected chi connectivity index (χ1v) is 8.83. The number of nitrogens with two attached hydrogens (primary N) is 1. The van der Waals surface area contributed by atoms with E-state index in [0.29, 0.717) is 17.4 Å². The monoisotopic (exact) mass is 391 g/mol. The van der Waals surface area contributed by atoms with Crippen molar-refractivity contribution in [3.63, 3.8) is 0 Å². The molecule has 2 aromatic heterocycles. The Hall–Kier alpha value is -2.81. The Kier molecular flexibility index (Phi) is 4.62. The van der Waals surface area contributed by atoms with Gasteiger partial charge in [0.1, 0.15) is 11.5 Å². The molecule has 4 rings (SSSR count). The number of aromatic nitrogens is 4. The third-order valence-electron chi connectivity index (χ3n) is 4.79. The van der Waals surface area contributed by atoms with Gasteiger partial charge >= 0.3 is 6.18 Å². The molecule has 0 saturated carbocycles. The maximum absolute atomic E-state index is 13.6. The zero-order valence-electron chi connectivity index (χ0n) is 14.7. The van der Waals surface area contributed by atoms with Crippen LogP contribution in [0, 0.1) is 5.82 Å². The summed E-state index contributed by atoms with van der Waals surface area (Å²) in [5, 5.41) is 8.29. The molecule has 2 heterocycles. The molecule has 1 aromatic carbocycles. The van der Waals surface area contributed by atoms with Crippen molar-refractivity contribution in [2.24, 2.45) is 5.73 Å². The molecule has 0 spiro atoms. The van der Waals surface area contributed by atoms with Crippen LogP contribution in [0.15, 0.2) is 36.5 Å². The minimum Gasteiger partial charge on any atom is -0.323 e. The Bertz CT molecular complexity index is 1010. The van der Waals surface area contributed by atoms with Gasteiger partial charge in [0.2, 0.25) is 0 Å². The quantitative estimate of drug-likeness (QED) is 0.691. The lowest BCUT2D eigenvalue weighted by Crippen LogP contribution is -2.18. The average Bonchev–Trinajstić information content (AvgIpc) is 3.06. The molecular weight excluding hydrogens is 374 g/mol. The molecule has 0 amide bonds. The number of pyridine rings is 1. The largest absolute Gasteiger partial charge is 0.416 e. The van der Waals surface area contributed by atoms with Gasteiger partial charge in [0, 0.05) is 6.20 Å².